The van der Waals surface area contributed by atoms with Crippen LogP contribution < -0.4 is 10.6 Å². The Morgan fingerprint density at radius 3 is 2.24 bits per heavy atom. The molecule has 5 nitrogen and oxygen atoms in total. The van der Waals surface area contributed by atoms with Gasteiger partial charge in [-0.05, 0) is 27.2 Å². The van der Waals surface area contributed by atoms with E-state index in [1.165, 1.54) is 0 Å². The van der Waals surface area contributed by atoms with Crippen LogP contribution in [0.5, 0.6) is 0 Å². The lowest BCUT2D eigenvalue weighted by atomic mass is 10.2. The normalized spacial score (nSPS) is 12.8. The highest BCUT2D eigenvalue weighted by Gasteiger charge is 2.10. The van der Waals surface area contributed by atoms with Crippen LogP contribution in [0.15, 0.2) is 0 Å². The third-order valence-electron chi connectivity index (χ3n) is 2.39. The maximum atomic E-state index is 11.5. The minimum Gasteiger partial charge on any atom is -0.351 e. The fraction of sp³-hybridized carbons (Fsp3) is 0.917. The van der Waals surface area contributed by atoms with Crippen LogP contribution in [0.2, 0.25) is 0 Å². The zero-order valence-corrected chi connectivity index (χ0v) is 11.4. The van der Waals surface area contributed by atoms with E-state index in [1.807, 2.05) is 13.8 Å². The molecule has 102 valence electrons. The van der Waals surface area contributed by atoms with Crippen LogP contribution in [0.3, 0.4) is 0 Å². The molecule has 0 aliphatic heterocycles. The molecule has 5 heteroatoms. The van der Waals surface area contributed by atoms with E-state index in [9.17, 15) is 4.79 Å². The first-order chi connectivity index (χ1) is 8.13. The van der Waals surface area contributed by atoms with Gasteiger partial charge in [0.1, 0.15) is 0 Å². The minimum atomic E-state index is -0.349. The van der Waals surface area contributed by atoms with Gasteiger partial charge in [0, 0.05) is 19.3 Å². The highest BCUT2D eigenvalue weighted by atomic mass is 16.7. The highest BCUT2D eigenvalue weighted by Crippen LogP contribution is 1.93. The van der Waals surface area contributed by atoms with Gasteiger partial charge in [-0.3, -0.25) is 4.79 Å². The fourth-order valence-electron chi connectivity index (χ4n) is 1.21. The number of amides is 1. The van der Waals surface area contributed by atoms with E-state index in [2.05, 4.69) is 24.5 Å². The van der Waals surface area contributed by atoms with Crippen LogP contribution in [0.25, 0.3) is 0 Å². The molecule has 0 spiro atoms. The highest BCUT2D eigenvalue weighted by molar-refractivity contribution is 5.77. The lowest BCUT2D eigenvalue weighted by molar-refractivity contribution is -0.140. The molecule has 1 atom stereocenters. The van der Waals surface area contributed by atoms with Gasteiger partial charge >= 0.3 is 0 Å². The van der Waals surface area contributed by atoms with E-state index >= 15 is 0 Å². The van der Waals surface area contributed by atoms with Gasteiger partial charge < -0.3 is 20.1 Å². The van der Waals surface area contributed by atoms with Crippen molar-refractivity contribution in [2.24, 2.45) is 0 Å². The first-order valence-electron chi connectivity index (χ1n) is 6.37. The molecule has 0 bridgehead atoms. The van der Waals surface area contributed by atoms with Crippen LogP contribution >= 0.6 is 0 Å². The van der Waals surface area contributed by atoms with Crippen molar-refractivity contribution in [3.63, 3.8) is 0 Å². The number of carbonyl (C=O) groups is 1. The van der Waals surface area contributed by atoms with E-state index in [1.54, 1.807) is 0 Å². The Bertz CT molecular complexity index is 194. The average molecular weight is 246 g/mol. The fourth-order valence-corrected chi connectivity index (χ4v) is 1.21. The number of nitrogens with one attached hydrogen (secondary N) is 2. The SMILES string of the molecule is CCOC(CNC(=O)CNC(C)CC)OCC. The van der Waals surface area contributed by atoms with E-state index in [4.69, 9.17) is 9.47 Å². The summed E-state index contributed by atoms with van der Waals surface area (Å²) in [5.74, 6) is -0.0327. The zero-order valence-electron chi connectivity index (χ0n) is 11.4. The largest absolute Gasteiger partial charge is 0.351 e. The van der Waals surface area contributed by atoms with Crippen LogP contribution in [0.4, 0.5) is 0 Å². The molecule has 0 aromatic rings. The van der Waals surface area contributed by atoms with Gasteiger partial charge in [-0.2, -0.15) is 0 Å². The molecular formula is C12H26N2O3. The summed E-state index contributed by atoms with van der Waals surface area (Å²) in [5.41, 5.74) is 0. The van der Waals surface area contributed by atoms with Gasteiger partial charge in [-0.15, -0.1) is 0 Å². The molecular weight excluding hydrogens is 220 g/mol. The molecule has 17 heavy (non-hydrogen) atoms. The van der Waals surface area contributed by atoms with Crippen molar-refractivity contribution in [2.45, 2.75) is 46.4 Å². The second-order valence-electron chi connectivity index (χ2n) is 3.83. The molecule has 0 aliphatic rings. The summed E-state index contributed by atoms with van der Waals surface area (Å²) in [5, 5.41) is 5.91. The van der Waals surface area contributed by atoms with Crippen LogP contribution in [-0.2, 0) is 14.3 Å². The molecule has 0 radical (unpaired) electrons. The third-order valence-corrected chi connectivity index (χ3v) is 2.39. The van der Waals surface area contributed by atoms with Crippen molar-refractivity contribution >= 4 is 5.91 Å². The first kappa shape index (κ1) is 16.4. The molecule has 0 fully saturated rings. The molecule has 1 amide bonds. The van der Waals surface area contributed by atoms with E-state index in [0.717, 1.165) is 6.42 Å². The number of hydrogen-bond donors (Lipinski definition) is 2. The molecule has 0 aromatic heterocycles. The van der Waals surface area contributed by atoms with Crippen LogP contribution in [0.1, 0.15) is 34.1 Å². The smallest absolute Gasteiger partial charge is 0.234 e. The van der Waals surface area contributed by atoms with Crippen LogP contribution in [0, 0.1) is 0 Å². The maximum absolute atomic E-state index is 11.5. The first-order valence-corrected chi connectivity index (χ1v) is 6.37. The molecule has 2 N–H and O–H groups in total. The van der Waals surface area contributed by atoms with Crippen molar-refractivity contribution in [2.75, 3.05) is 26.3 Å². The quantitative estimate of drug-likeness (QED) is 0.562. The summed E-state index contributed by atoms with van der Waals surface area (Å²) in [6.45, 7) is 9.81. The summed E-state index contributed by atoms with van der Waals surface area (Å²) in [7, 11) is 0. The Morgan fingerprint density at radius 2 is 1.76 bits per heavy atom. The molecule has 0 rings (SSSR count). The lowest BCUT2D eigenvalue weighted by Crippen LogP contribution is -2.41. The molecule has 0 saturated heterocycles. The Labute approximate surface area is 104 Å². The van der Waals surface area contributed by atoms with E-state index in [-0.39, 0.29) is 12.2 Å². The van der Waals surface area contributed by atoms with E-state index < -0.39 is 0 Å². The molecule has 1 unspecified atom stereocenters. The zero-order chi connectivity index (χ0) is 13.1. The molecule has 0 aliphatic carbocycles. The van der Waals surface area contributed by atoms with Crippen molar-refractivity contribution in [1.29, 1.82) is 0 Å². The van der Waals surface area contributed by atoms with Crippen molar-refractivity contribution in [1.82, 2.24) is 10.6 Å². The van der Waals surface area contributed by atoms with Gasteiger partial charge in [0.2, 0.25) is 5.91 Å². The summed E-state index contributed by atoms with van der Waals surface area (Å²) in [6, 6.07) is 0.357. The third kappa shape index (κ3) is 9.09. The Kier molecular flexibility index (Phi) is 10.1. The minimum absolute atomic E-state index is 0.0327. The van der Waals surface area contributed by atoms with Crippen molar-refractivity contribution in [3.8, 4) is 0 Å². The van der Waals surface area contributed by atoms with Gasteiger partial charge in [0.25, 0.3) is 0 Å². The average Bonchev–Trinajstić information content (AvgIpc) is 2.33. The lowest BCUT2D eigenvalue weighted by Gasteiger charge is -2.18. The summed E-state index contributed by atoms with van der Waals surface area (Å²) >= 11 is 0. The van der Waals surface area contributed by atoms with Crippen molar-refractivity contribution in [3.05, 3.63) is 0 Å². The summed E-state index contributed by atoms with van der Waals surface area (Å²) in [4.78, 5) is 11.5. The Morgan fingerprint density at radius 1 is 1.18 bits per heavy atom. The van der Waals surface area contributed by atoms with Gasteiger partial charge in [-0.25, -0.2) is 0 Å². The van der Waals surface area contributed by atoms with Crippen LogP contribution in [-0.4, -0.2) is 44.5 Å². The molecule has 0 aromatic carbocycles. The summed E-state index contributed by atoms with van der Waals surface area (Å²) in [6.07, 6.45) is 0.658. The maximum Gasteiger partial charge on any atom is 0.234 e. The molecule has 0 heterocycles. The Balaban J connectivity index is 3.71. The predicted molar refractivity (Wildman–Crippen MR) is 67.8 cm³/mol. The van der Waals surface area contributed by atoms with Gasteiger partial charge in [0.05, 0.1) is 13.1 Å². The second-order valence-corrected chi connectivity index (χ2v) is 3.83. The monoisotopic (exact) mass is 246 g/mol. The van der Waals surface area contributed by atoms with E-state index in [0.29, 0.717) is 32.3 Å². The predicted octanol–water partition coefficient (Wildman–Crippen LogP) is 0.890. The van der Waals surface area contributed by atoms with Crippen molar-refractivity contribution < 1.29 is 14.3 Å². The standard InChI is InChI=1S/C12H26N2O3/c1-5-10(4)13-8-11(15)14-9-12(16-6-2)17-7-3/h10,12-13H,5-9H2,1-4H3,(H,14,15). The number of hydrogen-bond acceptors (Lipinski definition) is 4. The topological polar surface area (TPSA) is 59.6 Å². The number of rotatable bonds is 10. The number of ether oxygens (including phenoxy) is 2. The second kappa shape index (κ2) is 10.5. The number of carbonyl (C=O) groups excluding carboxylic acids is 1. The summed E-state index contributed by atoms with van der Waals surface area (Å²) < 4.78 is 10.6. The van der Waals surface area contributed by atoms with Gasteiger partial charge in [0.15, 0.2) is 6.29 Å². The molecule has 0 saturated carbocycles. The Hall–Kier alpha value is -0.650. The van der Waals surface area contributed by atoms with Gasteiger partial charge in [-0.1, -0.05) is 6.92 Å².